The lowest BCUT2D eigenvalue weighted by atomic mass is 10.1. The molecule has 0 aromatic heterocycles. The number of fused-ring (bicyclic) bond motifs is 1. The number of hydrogen-bond acceptors (Lipinski definition) is 3. The highest BCUT2D eigenvalue weighted by atomic mass is 16.6. The molecule has 1 amide bonds. The van der Waals surface area contributed by atoms with E-state index in [1.54, 1.807) is 4.90 Å². The summed E-state index contributed by atoms with van der Waals surface area (Å²) in [6.45, 7) is 11.1. The second kappa shape index (κ2) is 5.35. The molecule has 0 bridgehead atoms. The van der Waals surface area contributed by atoms with Crippen LogP contribution in [0.5, 0.6) is 0 Å². The van der Waals surface area contributed by atoms with E-state index in [4.69, 9.17) is 4.74 Å². The Morgan fingerprint density at radius 2 is 2.10 bits per heavy atom. The number of hydrogen-bond donors (Lipinski definition) is 1. The van der Waals surface area contributed by atoms with Crippen LogP contribution in [0.1, 0.15) is 38.8 Å². The molecular weight excluding hydrogens is 252 g/mol. The molecule has 4 nitrogen and oxygen atoms in total. The minimum atomic E-state index is -0.466. The molecule has 0 spiro atoms. The number of ether oxygens (including phenoxy) is 1. The lowest BCUT2D eigenvalue weighted by Crippen LogP contribution is -2.43. The van der Waals surface area contributed by atoms with E-state index in [1.165, 1.54) is 5.56 Å². The van der Waals surface area contributed by atoms with Crippen LogP contribution in [-0.2, 0) is 11.3 Å². The average molecular weight is 276 g/mol. The Labute approximate surface area is 121 Å². The molecule has 0 radical (unpaired) electrons. The van der Waals surface area contributed by atoms with Crippen molar-refractivity contribution >= 4 is 11.8 Å². The number of anilines is 1. The molecule has 110 valence electrons. The van der Waals surface area contributed by atoms with Crippen LogP contribution in [-0.4, -0.2) is 29.2 Å². The summed E-state index contributed by atoms with van der Waals surface area (Å²) in [6.07, 6.45) is -0.249. The molecule has 0 saturated carbocycles. The van der Waals surface area contributed by atoms with E-state index >= 15 is 0 Å². The standard InChI is InChI=1S/C16H24N2O2/c1-11-6-7-14-13(8-11)10-18(12(2)9-17-14)15(19)20-16(3,4)5/h6-8,12,17H,9-10H2,1-5H3. The number of aryl methyl sites for hydroxylation is 1. The maximum atomic E-state index is 12.3. The Balaban J connectivity index is 2.23. The van der Waals surface area contributed by atoms with Crippen LogP contribution in [0.15, 0.2) is 18.2 Å². The molecule has 1 atom stereocenters. The van der Waals surface area contributed by atoms with Crippen molar-refractivity contribution in [2.24, 2.45) is 0 Å². The van der Waals surface area contributed by atoms with Gasteiger partial charge in [0.2, 0.25) is 0 Å². The first-order valence-corrected chi connectivity index (χ1v) is 7.09. The first-order chi connectivity index (χ1) is 9.26. The van der Waals surface area contributed by atoms with Crippen molar-refractivity contribution in [3.05, 3.63) is 29.3 Å². The summed E-state index contributed by atoms with van der Waals surface area (Å²) in [4.78, 5) is 14.1. The third kappa shape index (κ3) is 3.44. The highest BCUT2D eigenvalue weighted by Gasteiger charge is 2.28. The number of nitrogens with zero attached hydrogens (tertiary/aromatic N) is 1. The normalized spacial score (nSPS) is 18.9. The fourth-order valence-electron chi connectivity index (χ4n) is 2.30. The maximum absolute atomic E-state index is 12.3. The Kier molecular flexibility index (Phi) is 3.93. The van der Waals surface area contributed by atoms with Crippen molar-refractivity contribution in [3.8, 4) is 0 Å². The van der Waals surface area contributed by atoms with Gasteiger partial charge in [0, 0.05) is 18.3 Å². The average Bonchev–Trinajstić information content (AvgIpc) is 2.47. The molecule has 1 unspecified atom stereocenters. The predicted molar refractivity (Wildman–Crippen MR) is 80.9 cm³/mol. The van der Waals surface area contributed by atoms with Gasteiger partial charge in [0.15, 0.2) is 0 Å². The fraction of sp³-hybridized carbons (Fsp3) is 0.562. The van der Waals surface area contributed by atoms with Crippen molar-refractivity contribution in [3.63, 3.8) is 0 Å². The highest BCUT2D eigenvalue weighted by Crippen LogP contribution is 2.25. The van der Waals surface area contributed by atoms with Crippen molar-refractivity contribution in [2.45, 2.75) is 52.8 Å². The summed E-state index contributed by atoms with van der Waals surface area (Å²) in [5, 5.41) is 3.40. The lowest BCUT2D eigenvalue weighted by Gasteiger charge is -2.30. The van der Waals surface area contributed by atoms with Gasteiger partial charge in [-0.1, -0.05) is 17.7 Å². The van der Waals surface area contributed by atoms with E-state index in [-0.39, 0.29) is 12.1 Å². The van der Waals surface area contributed by atoms with Crippen LogP contribution in [0.3, 0.4) is 0 Å². The van der Waals surface area contributed by atoms with Gasteiger partial charge in [0.05, 0.1) is 6.54 Å². The Morgan fingerprint density at radius 1 is 1.40 bits per heavy atom. The molecule has 1 aliphatic heterocycles. The first-order valence-electron chi connectivity index (χ1n) is 7.09. The molecule has 1 N–H and O–H groups in total. The summed E-state index contributed by atoms with van der Waals surface area (Å²) >= 11 is 0. The van der Waals surface area contributed by atoms with E-state index in [2.05, 4.69) is 30.4 Å². The molecule has 0 fully saturated rings. The molecule has 4 heteroatoms. The van der Waals surface area contributed by atoms with Crippen molar-refractivity contribution in [2.75, 3.05) is 11.9 Å². The minimum Gasteiger partial charge on any atom is -0.444 e. The molecular formula is C16H24N2O2. The van der Waals surface area contributed by atoms with Gasteiger partial charge in [0.25, 0.3) is 0 Å². The zero-order valence-corrected chi connectivity index (χ0v) is 13.0. The van der Waals surface area contributed by atoms with Gasteiger partial charge < -0.3 is 10.1 Å². The van der Waals surface area contributed by atoms with E-state index in [0.717, 1.165) is 17.8 Å². The van der Waals surface area contributed by atoms with E-state index in [0.29, 0.717) is 6.54 Å². The van der Waals surface area contributed by atoms with E-state index in [9.17, 15) is 4.79 Å². The Hall–Kier alpha value is -1.71. The second-order valence-corrected chi connectivity index (χ2v) is 6.50. The van der Waals surface area contributed by atoms with E-state index in [1.807, 2.05) is 27.7 Å². The van der Waals surface area contributed by atoms with Gasteiger partial charge in [-0.3, -0.25) is 4.90 Å². The number of nitrogens with one attached hydrogen (secondary N) is 1. The van der Waals surface area contributed by atoms with Crippen molar-refractivity contribution in [1.82, 2.24) is 4.90 Å². The van der Waals surface area contributed by atoms with Crippen molar-refractivity contribution in [1.29, 1.82) is 0 Å². The van der Waals surface area contributed by atoms with E-state index < -0.39 is 5.60 Å². The molecule has 1 heterocycles. The number of amides is 1. The van der Waals surface area contributed by atoms with Gasteiger partial charge in [-0.15, -0.1) is 0 Å². The molecule has 1 aliphatic rings. The molecule has 0 aliphatic carbocycles. The van der Waals surface area contributed by atoms with Gasteiger partial charge in [-0.25, -0.2) is 4.79 Å². The van der Waals surface area contributed by atoms with Gasteiger partial charge in [-0.2, -0.15) is 0 Å². The summed E-state index contributed by atoms with van der Waals surface area (Å²) in [7, 11) is 0. The Morgan fingerprint density at radius 3 is 2.75 bits per heavy atom. The Bertz CT molecular complexity index is 506. The van der Waals surface area contributed by atoms with Crippen LogP contribution in [0.4, 0.5) is 10.5 Å². The predicted octanol–water partition coefficient (Wildman–Crippen LogP) is 3.55. The smallest absolute Gasteiger partial charge is 0.410 e. The molecule has 2 rings (SSSR count). The number of carbonyl (C=O) groups is 1. The minimum absolute atomic E-state index is 0.0950. The number of benzene rings is 1. The summed E-state index contributed by atoms with van der Waals surface area (Å²) < 4.78 is 5.51. The third-order valence-corrected chi connectivity index (χ3v) is 3.35. The van der Waals surface area contributed by atoms with Crippen LogP contribution >= 0.6 is 0 Å². The monoisotopic (exact) mass is 276 g/mol. The fourth-order valence-corrected chi connectivity index (χ4v) is 2.30. The SMILES string of the molecule is Cc1ccc2c(c1)CN(C(=O)OC(C)(C)C)C(C)CN2. The topological polar surface area (TPSA) is 41.6 Å². The number of carbonyl (C=O) groups excluding carboxylic acids is 1. The van der Waals surface area contributed by atoms with Crippen LogP contribution in [0, 0.1) is 6.92 Å². The van der Waals surface area contributed by atoms with Crippen LogP contribution in [0.25, 0.3) is 0 Å². The van der Waals surface area contributed by atoms with Crippen LogP contribution < -0.4 is 5.32 Å². The quantitative estimate of drug-likeness (QED) is 0.788. The van der Waals surface area contributed by atoms with Gasteiger partial charge in [-0.05, 0) is 46.2 Å². The first kappa shape index (κ1) is 14.7. The molecule has 0 saturated heterocycles. The maximum Gasteiger partial charge on any atom is 0.410 e. The summed E-state index contributed by atoms with van der Waals surface area (Å²) in [6, 6.07) is 6.38. The second-order valence-electron chi connectivity index (χ2n) is 6.50. The number of rotatable bonds is 0. The molecule has 1 aromatic rings. The largest absolute Gasteiger partial charge is 0.444 e. The lowest BCUT2D eigenvalue weighted by molar-refractivity contribution is 0.0172. The van der Waals surface area contributed by atoms with Crippen LogP contribution in [0.2, 0.25) is 0 Å². The summed E-state index contributed by atoms with van der Waals surface area (Å²) in [5.74, 6) is 0. The van der Waals surface area contributed by atoms with Crippen molar-refractivity contribution < 1.29 is 9.53 Å². The molecule has 20 heavy (non-hydrogen) atoms. The zero-order valence-electron chi connectivity index (χ0n) is 13.0. The van der Waals surface area contributed by atoms with Gasteiger partial charge in [0.1, 0.15) is 5.60 Å². The van der Waals surface area contributed by atoms with Gasteiger partial charge >= 0.3 is 6.09 Å². The zero-order chi connectivity index (χ0) is 14.9. The summed E-state index contributed by atoms with van der Waals surface area (Å²) in [5.41, 5.74) is 2.98. The highest BCUT2D eigenvalue weighted by molar-refractivity contribution is 5.70. The molecule has 1 aromatic carbocycles. The third-order valence-electron chi connectivity index (χ3n) is 3.35.